The van der Waals surface area contributed by atoms with Gasteiger partial charge in [0.25, 0.3) is 0 Å². The van der Waals surface area contributed by atoms with Crippen LogP contribution >= 0.6 is 0 Å². The maximum atomic E-state index is 12.9. The lowest BCUT2D eigenvalue weighted by Gasteiger charge is -2.32. The number of nitrogens with zero attached hydrogens (tertiary/aromatic N) is 2. The van der Waals surface area contributed by atoms with Gasteiger partial charge < -0.3 is 16.0 Å². The summed E-state index contributed by atoms with van der Waals surface area (Å²) < 4.78 is 27.2. The number of carbonyl (C=O) groups excluding carboxylic acids is 1. The number of benzene rings is 1. The number of nitrogens with one attached hydrogen (secondary N) is 1. The molecule has 1 aliphatic carbocycles. The zero-order valence-electron chi connectivity index (χ0n) is 15.3. The second-order valence-corrected chi connectivity index (χ2v) is 9.34. The highest BCUT2D eigenvalue weighted by Crippen LogP contribution is 2.28. The third kappa shape index (κ3) is 4.09. The average Bonchev–Trinajstić information content (AvgIpc) is 2.63. The van der Waals surface area contributed by atoms with E-state index < -0.39 is 15.6 Å². The molecule has 3 N–H and O–H groups in total. The van der Waals surface area contributed by atoms with E-state index in [4.69, 9.17) is 5.73 Å². The zero-order chi connectivity index (χ0) is 18.8. The number of carbonyl (C=O) groups is 1. The van der Waals surface area contributed by atoms with Crippen molar-refractivity contribution in [3.8, 4) is 0 Å². The summed E-state index contributed by atoms with van der Waals surface area (Å²) in [4.78, 5) is 14.9. The first-order valence-corrected chi connectivity index (χ1v) is 10.6. The molecule has 1 aromatic carbocycles. The molecule has 1 saturated carbocycles. The van der Waals surface area contributed by atoms with Crippen LogP contribution < -0.4 is 11.1 Å². The SMILES string of the molecule is CN1CCN(S(=O)(=O)c2cccc(NC(=O)C3(N)CCCCC3)c2)CC1. The Bertz CT molecular complexity index is 751. The summed E-state index contributed by atoms with van der Waals surface area (Å²) >= 11 is 0. The second kappa shape index (κ2) is 7.64. The van der Waals surface area contributed by atoms with Crippen LogP contribution in [0.1, 0.15) is 32.1 Å². The average molecular weight is 381 g/mol. The van der Waals surface area contributed by atoms with E-state index in [9.17, 15) is 13.2 Å². The van der Waals surface area contributed by atoms with Crippen molar-refractivity contribution in [3.63, 3.8) is 0 Å². The molecule has 1 amide bonds. The molecule has 0 radical (unpaired) electrons. The van der Waals surface area contributed by atoms with Gasteiger partial charge in [0.1, 0.15) is 0 Å². The van der Waals surface area contributed by atoms with Crippen LogP contribution in [0.15, 0.2) is 29.2 Å². The standard InChI is InChI=1S/C18H28N4O3S/c1-21-10-12-22(13-11-21)26(24,25)16-7-5-6-15(14-16)20-17(23)18(19)8-3-2-4-9-18/h5-7,14H,2-4,8-13,19H2,1H3,(H,20,23). The molecule has 1 heterocycles. The first-order chi connectivity index (χ1) is 12.3. The fraction of sp³-hybridized carbons (Fsp3) is 0.611. The summed E-state index contributed by atoms with van der Waals surface area (Å²) in [7, 11) is -1.58. The van der Waals surface area contributed by atoms with Crippen molar-refractivity contribution in [1.29, 1.82) is 0 Å². The summed E-state index contributed by atoms with van der Waals surface area (Å²) in [6, 6.07) is 6.45. The third-order valence-electron chi connectivity index (χ3n) is 5.39. The highest BCUT2D eigenvalue weighted by atomic mass is 32.2. The molecule has 0 unspecified atom stereocenters. The van der Waals surface area contributed by atoms with Gasteiger partial charge in [-0.05, 0) is 38.1 Å². The topological polar surface area (TPSA) is 95.7 Å². The lowest BCUT2D eigenvalue weighted by atomic mass is 9.82. The Balaban J connectivity index is 1.74. The minimum absolute atomic E-state index is 0.203. The molecule has 1 saturated heterocycles. The van der Waals surface area contributed by atoms with E-state index in [2.05, 4.69) is 10.2 Å². The number of hydrogen-bond donors (Lipinski definition) is 2. The molecule has 2 fully saturated rings. The number of sulfonamides is 1. The van der Waals surface area contributed by atoms with Gasteiger partial charge in [-0.1, -0.05) is 25.3 Å². The molecular formula is C18H28N4O3S. The normalized spacial score (nSPS) is 22.1. The smallest absolute Gasteiger partial charge is 0.244 e. The highest BCUT2D eigenvalue weighted by molar-refractivity contribution is 7.89. The molecule has 7 nitrogen and oxygen atoms in total. The van der Waals surface area contributed by atoms with Crippen molar-refractivity contribution in [2.75, 3.05) is 38.5 Å². The lowest BCUT2D eigenvalue weighted by Crippen LogP contribution is -2.52. The summed E-state index contributed by atoms with van der Waals surface area (Å²) in [6.45, 7) is 2.37. The molecule has 1 aliphatic heterocycles. The lowest BCUT2D eigenvalue weighted by molar-refractivity contribution is -0.122. The van der Waals surface area contributed by atoms with E-state index in [0.717, 1.165) is 19.3 Å². The second-order valence-electron chi connectivity index (χ2n) is 7.41. The molecule has 0 atom stereocenters. The van der Waals surface area contributed by atoms with Gasteiger partial charge in [-0.2, -0.15) is 4.31 Å². The Hall–Kier alpha value is -1.48. The minimum Gasteiger partial charge on any atom is -0.324 e. The molecule has 8 heteroatoms. The monoisotopic (exact) mass is 380 g/mol. The number of likely N-dealkylation sites (N-methyl/N-ethyl adjacent to an activating group) is 1. The van der Waals surface area contributed by atoms with Gasteiger partial charge in [0.2, 0.25) is 15.9 Å². The van der Waals surface area contributed by atoms with E-state index in [1.807, 2.05) is 7.05 Å². The molecule has 0 aromatic heterocycles. The third-order valence-corrected chi connectivity index (χ3v) is 7.28. The van der Waals surface area contributed by atoms with E-state index in [1.54, 1.807) is 18.2 Å². The van der Waals surface area contributed by atoms with Gasteiger partial charge in [-0.15, -0.1) is 0 Å². The molecule has 26 heavy (non-hydrogen) atoms. The minimum atomic E-state index is -3.56. The first-order valence-electron chi connectivity index (χ1n) is 9.20. The van der Waals surface area contributed by atoms with Gasteiger partial charge in [0.15, 0.2) is 0 Å². The molecular weight excluding hydrogens is 352 g/mol. The predicted octanol–water partition coefficient (Wildman–Crippen LogP) is 1.22. The van der Waals surface area contributed by atoms with Crippen molar-refractivity contribution in [3.05, 3.63) is 24.3 Å². The maximum absolute atomic E-state index is 12.9. The fourth-order valence-corrected chi connectivity index (χ4v) is 5.05. The van der Waals surface area contributed by atoms with Crippen LogP contribution in [0, 0.1) is 0 Å². The molecule has 1 aromatic rings. The van der Waals surface area contributed by atoms with Gasteiger partial charge in [-0.25, -0.2) is 8.42 Å². The van der Waals surface area contributed by atoms with E-state index in [-0.39, 0.29) is 10.8 Å². The van der Waals surface area contributed by atoms with Crippen molar-refractivity contribution in [2.45, 2.75) is 42.5 Å². The van der Waals surface area contributed by atoms with E-state index >= 15 is 0 Å². The van der Waals surface area contributed by atoms with Gasteiger partial charge in [0, 0.05) is 31.9 Å². The molecule has 0 spiro atoms. The van der Waals surface area contributed by atoms with Crippen LogP contribution in [-0.4, -0.2) is 62.3 Å². The predicted molar refractivity (Wildman–Crippen MR) is 101 cm³/mol. The maximum Gasteiger partial charge on any atom is 0.244 e. The fourth-order valence-electron chi connectivity index (χ4n) is 3.58. The molecule has 0 bridgehead atoms. The number of anilines is 1. The van der Waals surface area contributed by atoms with E-state index in [0.29, 0.717) is 44.7 Å². The zero-order valence-corrected chi connectivity index (χ0v) is 16.1. The van der Waals surface area contributed by atoms with Crippen molar-refractivity contribution >= 4 is 21.6 Å². The summed E-state index contributed by atoms with van der Waals surface area (Å²) in [6.07, 6.45) is 4.32. The van der Waals surface area contributed by atoms with Gasteiger partial charge >= 0.3 is 0 Å². The Morgan fingerprint density at radius 2 is 1.77 bits per heavy atom. The van der Waals surface area contributed by atoms with Crippen molar-refractivity contribution < 1.29 is 13.2 Å². The number of hydrogen-bond acceptors (Lipinski definition) is 5. The quantitative estimate of drug-likeness (QED) is 0.819. The van der Waals surface area contributed by atoms with Crippen molar-refractivity contribution in [2.24, 2.45) is 5.73 Å². The molecule has 2 aliphatic rings. The number of piperazine rings is 1. The summed E-state index contributed by atoms with van der Waals surface area (Å²) in [5, 5.41) is 2.82. The van der Waals surface area contributed by atoms with Crippen LogP contribution in [0.4, 0.5) is 5.69 Å². The van der Waals surface area contributed by atoms with Crippen molar-refractivity contribution in [1.82, 2.24) is 9.21 Å². The first kappa shape index (κ1) is 19.3. The molecule has 144 valence electrons. The largest absolute Gasteiger partial charge is 0.324 e. The van der Waals surface area contributed by atoms with Crippen LogP contribution in [0.5, 0.6) is 0 Å². The summed E-state index contributed by atoms with van der Waals surface area (Å²) in [5.74, 6) is -0.230. The number of nitrogens with two attached hydrogens (primary N) is 1. The Labute approximate surface area is 155 Å². The van der Waals surface area contributed by atoms with Crippen LogP contribution in [0.3, 0.4) is 0 Å². The van der Waals surface area contributed by atoms with Crippen LogP contribution in [0.2, 0.25) is 0 Å². The number of rotatable bonds is 4. The highest BCUT2D eigenvalue weighted by Gasteiger charge is 2.35. The van der Waals surface area contributed by atoms with Gasteiger partial charge in [0.05, 0.1) is 10.4 Å². The van der Waals surface area contributed by atoms with E-state index in [1.165, 1.54) is 10.4 Å². The Morgan fingerprint density at radius 1 is 1.12 bits per heavy atom. The van der Waals surface area contributed by atoms with Crippen LogP contribution in [-0.2, 0) is 14.8 Å². The van der Waals surface area contributed by atoms with Gasteiger partial charge in [-0.3, -0.25) is 4.79 Å². The number of amides is 1. The Morgan fingerprint density at radius 3 is 2.42 bits per heavy atom. The van der Waals surface area contributed by atoms with Crippen LogP contribution in [0.25, 0.3) is 0 Å². The summed E-state index contributed by atoms with van der Waals surface area (Å²) in [5.41, 5.74) is 5.88. The molecule has 3 rings (SSSR count). The Kier molecular flexibility index (Phi) is 5.67.